The zero-order valence-corrected chi connectivity index (χ0v) is 15.0. The number of carbonyl (C=O) groups excluding carboxylic acids is 1. The summed E-state index contributed by atoms with van der Waals surface area (Å²) in [5.41, 5.74) is 1.93. The lowest BCUT2D eigenvalue weighted by molar-refractivity contribution is -0.121. The van der Waals surface area contributed by atoms with Crippen molar-refractivity contribution < 1.29 is 14.3 Å². The molecule has 8 nitrogen and oxygen atoms in total. The summed E-state index contributed by atoms with van der Waals surface area (Å²) in [5.74, 6) is 1.15. The quantitative estimate of drug-likeness (QED) is 0.702. The molecule has 0 bridgehead atoms. The summed E-state index contributed by atoms with van der Waals surface area (Å²) < 4.78 is 12.0. The van der Waals surface area contributed by atoms with Crippen molar-refractivity contribution in [2.75, 3.05) is 6.79 Å². The van der Waals surface area contributed by atoms with Crippen LogP contribution in [0, 0.1) is 0 Å². The fourth-order valence-electron chi connectivity index (χ4n) is 2.81. The van der Waals surface area contributed by atoms with E-state index in [1.54, 1.807) is 18.3 Å². The average molecular weight is 378 g/mol. The van der Waals surface area contributed by atoms with Gasteiger partial charge in [-0.25, -0.2) is 4.68 Å². The molecular weight excluding hydrogens is 360 g/mol. The molecule has 0 saturated carbocycles. The van der Waals surface area contributed by atoms with E-state index in [2.05, 4.69) is 15.4 Å². The second-order valence-electron chi connectivity index (χ2n) is 6.20. The molecule has 2 aromatic heterocycles. The van der Waals surface area contributed by atoms with E-state index in [0.717, 1.165) is 11.3 Å². The third kappa shape index (κ3) is 4.01. The number of amides is 1. The van der Waals surface area contributed by atoms with Crippen molar-refractivity contribution >= 4 is 5.91 Å². The Bertz CT molecular complexity index is 1050. The number of hydrogen-bond donors (Lipinski definition) is 1. The Morgan fingerprint density at radius 1 is 1.11 bits per heavy atom. The average Bonchev–Trinajstić information content (AvgIpc) is 3.20. The van der Waals surface area contributed by atoms with Gasteiger partial charge >= 0.3 is 0 Å². The monoisotopic (exact) mass is 378 g/mol. The van der Waals surface area contributed by atoms with Crippen molar-refractivity contribution in [3.63, 3.8) is 0 Å². The van der Waals surface area contributed by atoms with Crippen LogP contribution in [0.5, 0.6) is 11.5 Å². The van der Waals surface area contributed by atoms with Crippen LogP contribution in [0.1, 0.15) is 12.1 Å². The molecule has 1 aliphatic rings. The molecule has 1 N–H and O–H groups in total. The highest BCUT2D eigenvalue weighted by atomic mass is 16.7. The second-order valence-corrected chi connectivity index (χ2v) is 6.20. The van der Waals surface area contributed by atoms with E-state index in [4.69, 9.17) is 9.47 Å². The van der Waals surface area contributed by atoms with Gasteiger partial charge in [0, 0.05) is 24.2 Å². The second kappa shape index (κ2) is 7.91. The predicted octanol–water partition coefficient (Wildman–Crippen LogP) is 1.74. The summed E-state index contributed by atoms with van der Waals surface area (Å²) in [6, 6.07) is 14.1. The van der Waals surface area contributed by atoms with Crippen LogP contribution in [-0.4, -0.2) is 27.5 Å². The number of benzene rings is 1. The first-order chi connectivity index (χ1) is 13.7. The van der Waals surface area contributed by atoms with E-state index in [-0.39, 0.29) is 31.2 Å². The number of rotatable bonds is 6. The van der Waals surface area contributed by atoms with Crippen LogP contribution in [0.4, 0.5) is 0 Å². The minimum absolute atomic E-state index is 0.143. The lowest BCUT2D eigenvalue weighted by Gasteiger charge is -2.08. The molecule has 1 amide bonds. The molecule has 0 radical (unpaired) electrons. The lowest BCUT2D eigenvalue weighted by atomic mass is 10.1. The van der Waals surface area contributed by atoms with E-state index in [1.165, 1.54) is 10.7 Å². The smallest absolute Gasteiger partial charge is 0.266 e. The van der Waals surface area contributed by atoms with Crippen LogP contribution in [0.2, 0.25) is 0 Å². The number of nitrogens with zero attached hydrogens (tertiary/aromatic N) is 3. The van der Waals surface area contributed by atoms with Crippen LogP contribution >= 0.6 is 0 Å². The van der Waals surface area contributed by atoms with E-state index in [9.17, 15) is 9.59 Å². The van der Waals surface area contributed by atoms with Gasteiger partial charge in [0.15, 0.2) is 11.5 Å². The molecule has 0 atom stereocenters. The predicted molar refractivity (Wildman–Crippen MR) is 101 cm³/mol. The highest BCUT2D eigenvalue weighted by Gasteiger charge is 2.15. The van der Waals surface area contributed by atoms with Gasteiger partial charge in [0.25, 0.3) is 5.56 Å². The first-order valence-electron chi connectivity index (χ1n) is 8.84. The Morgan fingerprint density at radius 3 is 2.86 bits per heavy atom. The summed E-state index contributed by atoms with van der Waals surface area (Å²) in [7, 11) is 0. The highest BCUT2D eigenvalue weighted by molar-refractivity contribution is 5.75. The molecule has 8 heteroatoms. The van der Waals surface area contributed by atoms with E-state index in [0.29, 0.717) is 23.7 Å². The van der Waals surface area contributed by atoms with Crippen LogP contribution in [0.25, 0.3) is 11.3 Å². The molecular formula is C20H18N4O4. The molecule has 0 spiro atoms. The number of pyridine rings is 1. The fourth-order valence-corrected chi connectivity index (χ4v) is 2.81. The van der Waals surface area contributed by atoms with Gasteiger partial charge in [-0.05, 0) is 36.4 Å². The minimum Gasteiger partial charge on any atom is -0.454 e. The first kappa shape index (κ1) is 17.7. The van der Waals surface area contributed by atoms with Gasteiger partial charge in [-0.3, -0.25) is 14.6 Å². The fraction of sp³-hybridized carbons (Fsp3) is 0.200. The largest absolute Gasteiger partial charge is 0.454 e. The third-order valence-electron chi connectivity index (χ3n) is 4.28. The van der Waals surface area contributed by atoms with Gasteiger partial charge in [-0.15, -0.1) is 0 Å². The molecule has 4 rings (SSSR count). The first-order valence-corrected chi connectivity index (χ1v) is 8.84. The number of aromatic nitrogens is 3. The van der Waals surface area contributed by atoms with Gasteiger partial charge in [0.05, 0.1) is 24.5 Å². The van der Waals surface area contributed by atoms with Crippen LogP contribution in [0.3, 0.4) is 0 Å². The molecule has 0 fully saturated rings. The lowest BCUT2D eigenvalue weighted by Crippen LogP contribution is -2.28. The summed E-state index contributed by atoms with van der Waals surface area (Å²) in [4.78, 5) is 28.3. The summed E-state index contributed by atoms with van der Waals surface area (Å²) in [6.07, 6.45) is 1.82. The van der Waals surface area contributed by atoms with Gasteiger partial charge in [-0.2, -0.15) is 5.10 Å². The SMILES string of the molecule is O=C(CCn1nc(-c2ccc3c(c2)OCO3)ccc1=O)NCc1ccccn1. The Hall–Kier alpha value is -3.68. The molecule has 28 heavy (non-hydrogen) atoms. The van der Waals surface area contributed by atoms with E-state index >= 15 is 0 Å². The van der Waals surface area contributed by atoms with Gasteiger partial charge in [0.2, 0.25) is 12.7 Å². The van der Waals surface area contributed by atoms with Crippen LogP contribution in [-0.2, 0) is 17.9 Å². The molecule has 0 unspecified atom stereocenters. The molecule has 0 saturated heterocycles. The van der Waals surface area contributed by atoms with Crippen molar-refractivity contribution in [3.05, 3.63) is 70.8 Å². The van der Waals surface area contributed by atoms with Crippen molar-refractivity contribution in [3.8, 4) is 22.8 Å². The molecule has 3 heterocycles. The van der Waals surface area contributed by atoms with Crippen molar-refractivity contribution in [1.82, 2.24) is 20.1 Å². The Kier molecular flexibility index (Phi) is 5.01. The standard InChI is InChI=1S/C20H18N4O4/c25-19(22-12-15-3-1-2-9-21-15)8-10-24-20(26)7-5-16(23-24)14-4-6-17-18(11-14)28-13-27-17/h1-7,9,11H,8,10,12-13H2,(H,22,25). The van der Waals surface area contributed by atoms with Crippen LogP contribution in [0.15, 0.2) is 59.5 Å². The molecule has 1 aliphatic heterocycles. The topological polar surface area (TPSA) is 95.3 Å². The van der Waals surface area contributed by atoms with Crippen molar-refractivity contribution in [2.45, 2.75) is 19.5 Å². The Morgan fingerprint density at radius 2 is 2.00 bits per heavy atom. The summed E-state index contributed by atoms with van der Waals surface area (Å²) in [5, 5.41) is 7.16. The molecule has 142 valence electrons. The summed E-state index contributed by atoms with van der Waals surface area (Å²) in [6.45, 7) is 0.726. The van der Waals surface area contributed by atoms with Crippen LogP contribution < -0.4 is 20.3 Å². The maximum Gasteiger partial charge on any atom is 0.266 e. The maximum atomic E-state index is 12.1. The van der Waals surface area contributed by atoms with Gasteiger partial charge < -0.3 is 14.8 Å². The van der Waals surface area contributed by atoms with Crippen molar-refractivity contribution in [1.29, 1.82) is 0 Å². The van der Waals surface area contributed by atoms with Gasteiger partial charge in [-0.1, -0.05) is 6.07 Å². The zero-order chi connectivity index (χ0) is 19.3. The Balaban J connectivity index is 1.41. The van der Waals surface area contributed by atoms with Gasteiger partial charge in [0.1, 0.15) is 0 Å². The highest BCUT2D eigenvalue weighted by Crippen LogP contribution is 2.35. The minimum atomic E-state index is -0.262. The number of carbonyl (C=O) groups is 1. The normalized spacial score (nSPS) is 12.0. The number of nitrogens with one attached hydrogen (secondary N) is 1. The number of ether oxygens (including phenoxy) is 2. The number of hydrogen-bond acceptors (Lipinski definition) is 6. The van der Waals surface area contributed by atoms with Crippen molar-refractivity contribution in [2.24, 2.45) is 0 Å². The van der Waals surface area contributed by atoms with E-state index < -0.39 is 0 Å². The number of aryl methyl sites for hydroxylation is 1. The number of fused-ring (bicyclic) bond motifs is 1. The summed E-state index contributed by atoms with van der Waals surface area (Å²) >= 11 is 0. The Labute approximate surface area is 160 Å². The zero-order valence-electron chi connectivity index (χ0n) is 15.0. The molecule has 1 aromatic carbocycles. The molecule has 0 aliphatic carbocycles. The maximum absolute atomic E-state index is 12.1. The van der Waals surface area contributed by atoms with E-state index in [1.807, 2.05) is 30.3 Å². The third-order valence-corrected chi connectivity index (χ3v) is 4.28. The molecule has 3 aromatic rings.